The maximum absolute atomic E-state index is 11.1. The van der Waals surface area contributed by atoms with E-state index in [1.54, 1.807) is 6.92 Å². The monoisotopic (exact) mass is 202 g/mol. The highest BCUT2D eigenvalue weighted by Gasteiger charge is 2.41. The summed E-state index contributed by atoms with van der Waals surface area (Å²) in [6.07, 6.45) is 0. The molecule has 0 fully saturated rings. The second kappa shape index (κ2) is 3.63. The Labute approximate surface area is 80.4 Å². The zero-order valence-electron chi connectivity index (χ0n) is 8.97. The average Bonchev–Trinajstić information content (AvgIpc) is 1.83. The second-order valence-corrected chi connectivity index (χ2v) is 9.83. The summed E-state index contributed by atoms with van der Waals surface area (Å²) in [5, 5.41) is 9.85. The van der Waals surface area contributed by atoms with Crippen LogP contribution in [0.4, 0.5) is 0 Å². The van der Waals surface area contributed by atoms with Crippen molar-refractivity contribution in [2.75, 3.05) is 0 Å². The lowest BCUT2D eigenvalue weighted by Gasteiger charge is -2.34. The number of esters is 1. The van der Waals surface area contributed by atoms with Gasteiger partial charge in [-0.05, 0) is 13.8 Å². The van der Waals surface area contributed by atoms with Crippen LogP contribution in [0.1, 0.15) is 13.8 Å². The third-order valence-corrected chi connectivity index (χ3v) is 4.92. The molecule has 0 rings (SSSR count). The molecule has 1 atom stereocenters. The first-order chi connectivity index (χ1) is 5.58. The molecule has 0 amide bonds. The zero-order valence-corrected chi connectivity index (χ0v) is 9.97. The van der Waals surface area contributed by atoms with Crippen LogP contribution in [0.2, 0.25) is 19.6 Å². The summed E-state index contributed by atoms with van der Waals surface area (Å²) in [4.78, 5) is 11.1. The van der Waals surface area contributed by atoms with Crippen LogP contribution in [0.5, 0.6) is 0 Å². The van der Waals surface area contributed by atoms with E-state index in [1.807, 2.05) is 19.6 Å². The van der Waals surface area contributed by atoms with E-state index in [9.17, 15) is 9.90 Å². The van der Waals surface area contributed by atoms with Gasteiger partial charge < -0.3 is 9.84 Å². The lowest BCUT2D eigenvalue weighted by molar-refractivity contribution is -0.172. The lowest BCUT2D eigenvalue weighted by atomic mass is 10.4. The third kappa shape index (κ3) is 3.32. The standard InChI is InChI=1S/C9H18O3Si/c1-7(2)8(10)12-9(3,11)13(4,5)6/h11H,1H2,2-6H3. The first-order valence-corrected chi connectivity index (χ1v) is 7.69. The highest BCUT2D eigenvalue weighted by atomic mass is 28.3. The molecular formula is C9H18O3Si. The second-order valence-electron chi connectivity index (χ2n) is 4.40. The van der Waals surface area contributed by atoms with Gasteiger partial charge in [0.05, 0.1) is 0 Å². The van der Waals surface area contributed by atoms with Gasteiger partial charge in [0, 0.05) is 5.57 Å². The molecule has 76 valence electrons. The molecule has 0 radical (unpaired) electrons. The van der Waals surface area contributed by atoms with Crippen LogP contribution >= 0.6 is 0 Å². The molecule has 0 aromatic rings. The molecule has 3 nitrogen and oxygen atoms in total. The summed E-state index contributed by atoms with van der Waals surface area (Å²) in [5.74, 6) is -0.535. The average molecular weight is 202 g/mol. The molecule has 0 spiro atoms. The molecule has 0 aliphatic carbocycles. The van der Waals surface area contributed by atoms with Crippen molar-refractivity contribution in [3.05, 3.63) is 12.2 Å². The molecule has 0 saturated carbocycles. The normalized spacial score (nSPS) is 16.2. The molecule has 1 unspecified atom stereocenters. The van der Waals surface area contributed by atoms with Gasteiger partial charge in [0.15, 0.2) is 5.41 Å². The van der Waals surface area contributed by atoms with Gasteiger partial charge >= 0.3 is 5.97 Å². The summed E-state index contributed by atoms with van der Waals surface area (Å²) in [5.41, 5.74) is -1.03. The number of hydrogen-bond acceptors (Lipinski definition) is 3. The number of hydrogen-bond donors (Lipinski definition) is 1. The highest BCUT2D eigenvalue weighted by Crippen LogP contribution is 2.22. The quantitative estimate of drug-likeness (QED) is 0.328. The Morgan fingerprint density at radius 3 is 2.08 bits per heavy atom. The van der Waals surface area contributed by atoms with E-state index >= 15 is 0 Å². The first kappa shape index (κ1) is 12.4. The molecule has 0 aliphatic rings. The SMILES string of the molecule is C=C(C)C(=O)OC(C)(O)[Si](C)(C)C. The van der Waals surface area contributed by atoms with Crippen LogP contribution in [-0.4, -0.2) is 24.6 Å². The van der Waals surface area contributed by atoms with Gasteiger partial charge in [0.25, 0.3) is 0 Å². The van der Waals surface area contributed by atoms with Gasteiger partial charge in [-0.15, -0.1) is 0 Å². The van der Waals surface area contributed by atoms with Gasteiger partial charge in [-0.25, -0.2) is 4.79 Å². The summed E-state index contributed by atoms with van der Waals surface area (Å²) >= 11 is 0. The molecule has 4 heteroatoms. The van der Waals surface area contributed by atoms with E-state index < -0.39 is 19.5 Å². The summed E-state index contributed by atoms with van der Waals surface area (Å²) < 4.78 is 4.94. The van der Waals surface area contributed by atoms with E-state index in [4.69, 9.17) is 4.74 Å². The Balaban J connectivity index is 4.53. The Bertz CT molecular complexity index is 226. The maximum atomic E-state index is 11.1. The molecule has 1 N–H and O–H groups in total. The smallest absolute Gasteiger partial charge is 0.335 e. The largest absolute Gasteiger partial charge is 0.434 e. The lowest BCUT2D eigenvalue weighted by Crippen LogP contribution is -2.53. The zero-order chi connectivity index (χ0) is 10.9. The Morgan fingerprint density at radius 1 is 1.46 bits per heavy atom. The Kier molecular flexibility index (Phi) is 3.46. The van der Waals surface area contributed by atoms with E-state index in [1.165, 1.54) is 6.92 Å². The van der Waals surface area contributed by atoms with Crippen molar-refractivity contribution in [2.24, 2.45) is 0 Å². The number of aliphatic hydroxyl groups is 1. The molecule has 0 aliphatic heterocycles. The summed E-state index contributed by atoms with van der Waals surface area (Å²) in [6, 6.07) is 0. The fraction of sp³-hybridized carbons (Fsp3) is 0.667. The van der Waals surface area contributed by atoms with E-state index in [0.29, 0.717) is 5.57 Å². The van der Waals surface area contributed by atoms with Gasteiger partial charge in [-0.3, -0.25) is 0 Å². The van der Waals surface area contributed by atoms with E-state index in [2.05, 4.69) is 6.58 Å². The third-order valence-electron chi connectivity index (χ3n) is 2.03. The topological polar surface area (TPSA) is 46.5 Å². The molecule has 13 heavy (non-hydrogen) atoms. The van der Waals surface area contributed by atoms with E-state index in [0.717, 1.165) is 0 Å². The molecule has 0 aromatic carbocycles. The van der Waals surface area contributed by atoms with Crippen molar-refractivity contribution < 1.29 is 14.6 Å². The van der Waals surface area contributed by atoms with Crippen LogP contribution in [0.25, 0.3) is 0 Å². The van der Waals surface area contributed by atoms with Gasteiger partial charge in [-0.1, -0.05) is 26.2 Å². The van der Waals surface area contributed by atoms with Crippen molar-refractivity contribution in [3.8, 4) is 0 Å². The number of carbonyl (C=O) groups excluding carboxylic acids is 1. The summed E-state index contributed by atoms with van der Waals surface area (Å²) in [6.45, 7) is 12.3. The fourth-order valence-electron chi connectivity index (χ4n) is 0.421. The van der Waals surface area contributed by atoms with Crippen molar-refractivity contribution in [1.82, 2.24) is 0 Å². The molecule has 0 aromatic heterocycles. The van der Waals surface area contributed by atoms with Crippen LogP contribution < -0.4 is 0 Å². The maximum Gasteiger partial charge on any atom is 0.335 e. The van der Waals surface area contributed by atoms with Gasteiger partial charge in [0.1, 0.15) is 8.07 Å². The first-order valence-electron chi connectivity index (χ1n) is 4.19. The highest BCUT2D eigenvalue weighted by molar-refractivity contribution is 6.78. The predicted octanol–water partition coefficient (Wildman–Crippen LogP) is 1.69. The van der Waals surface area contributed by atoms with Gasteiger partial charge in [-0.2, -0.15) is 0 Å². The summed E-state index contributed by atoms with van der Waals surface area (Å²) in [7, 11) is -1.92. The minimum atomic E-state index is -1.92. The van der Waals surface area contributed by atoms with Crippen LogP contribution in [0.3, 0.4) is 0 Å². The number of rotatable bonds is 3. The van der Waals surface area contributed by atoms with Crippen molar-refractivity contribution in [2.45, 2.75) is 38.9 Å². The minimum absolute atomic E-state index is 0.304. The Morgan fingerprint density at radius 2 is 1.85 bits per heavy atom. The molecule has 0 bridgehead atoms. The predicted molar refractivity (Wildman–Crippen MR) is 54.9 cm³/mol. The molecule has 0 heterocycles. The van der Waals surface area contributed by atoms with Crippen LogP contribution in [0.15, 0.2) is 12.2 Å². The van der Waals surface area contributed by atoms with Crippen molar-refractivity contribution in [1.29, 1.82) is 0 Å². The van der Waals surface area contributed by atoms with Crippen LogP contribution in [0, 0.1) is 0 Å². The molecule has 0 saturated heterocycles. The number of ether oxygens (including phenoxy) is 1. The van der Waals surface area contributed by atoms with Crippen LogP contribution in [-0.2, 0) is 9.53 Å². The minimum Gasteiger partial charge on any atom is -0.434 e. The fourth-order valence-corrected chi connectivity index (χ4v) is 0.820. The van der Waals surface area contributed by atoms with Gasteiger partial charge in [0.2, 0.25) is 0 Å². The van der Waals surface area contributed by atoms with Crippen molar-refractivity contribution in [3.63, 3.8) is 0 Å². The molecular weight excluding hydrogens is 184 g/mol. The number of carbonyl (C=O) groups is 1. The van der Waals surface area contributed by atoms with E-state index in [-0.39, 0.29) is 0 Å². The van der Waals surface area contributed by atoms with Crippen molar-refractivity contribution >= 4 is 14.0 Å². The Hall–Kier alpha value is -0.613.